The van der Waals surface area contributed by atoms with E-state index < -0.39 is 5.92 Å². The van der Waals surface area contributed by atoms with Gasteiger partial charge in [-0.3, -0.25) is 4.79 Å². The van der Waals surface area contributed by atoms with Gasteiger partial charge in [0.15, 0.2) is 17.3 Å². The molecule has 7 heteroatoms. The molecule has 2 aromatic carbocycles. The summed E-state index contributed by atoms with van der Waals surface area (Å²) in [6.07, 6.45) is 1.01. The van der Waals surface area contributed by atoms with Gasteiger partial charge >= 0.3 is 5.97 Å². The summed E-state index contributed by atoms with van der Waals surface area (Å²) in [5.74, 6) is 2.22. The van der Waals surface area contributed by atoms with Gasteiger partial charge in [-0.1, -0.05) is 42.8 Å². The number of Topliss-reactive ketones (excluding diaryl/α,β-unsaturated/α-hetero) is 1. The van der Waals surface area contributed by atoms with Gasteiger partial charge in [-0.05, 0) is 55.2 Å². The highest BCUT2D eigenvalue weighted by Gasteiger charge is 2.41. The standard InChI is InChI=1S/C30H35NO5S/c1-6-37-14-13-36-30(33)27-19(3)31-23-15-22(21-11-12-25(34-4)26(17-21)35-5)16-24(32)29(23)28(27)20-9-7-18(2)8-10-20/h7-12,17,22,28,31H,6,13-16H2,1-5H3/t22-,28-/m0/s1. The molecule has 196 valence electrons. The highest BCUT2D eigenvalue weighted by molar-refractivity contribution is 7.99. The van der Waals surface area contributed by atoms with E-state index in [0.29, 0.717) is 42.1 Å². The maximum absolute atomic E-state index is 13.8. The Morgan fingerprint density at radius 2 is 1.70 bits per heavy atom. The molecule has 2 atom stereocenters. The Morgan fingerprint density at radius 3 is 2.38 bits per heavy atom. The molecule has 0 spiro atoms. The third-order valence-electron chi connectivity index (χ3n) is 7.00. The maximum Gasteiger partial charge on any atom is 0.336 e. The number of nitrogens with one attached hydrogen (secondary N) is 1. The molecule has 2 aromatic rings. The molecular formula is C30H35NO5S. The molecule has 1 aliphatic carbocycles. The molecule has 1 N–H and O–H groups in total. The minimum absolute atomic E-state index is 0.00964. The fraction of sp³-hybridized carbons (Fsp3) is 0.400. The zero-order valence-corrected chi connectivity index (χ0v) is 23.0. The molecule has 1 heterocycles. The smallest absolute Gasteiger partial charge is 0.336 e. The van der Waals surface area contributed by atoms with E-state index in [1.54, 1.807) is 26.0 Å². The van der Waals surface area contributed by atoms with Crippen molar-refractivity contribution in [2.24, 2.45) is 0 Å². The number of aryl methyl sites for hydroxylation is 1. The van der Waals surface area contributed by atoms with Crippen molar-refractivity contribution >= 4 is 23.5 Å². The third-order valence-corrected chi connectivity index (χ3v) is 7.87. The number of carbonyl (C=O) groups excluding carboxylic acids is 2. The van der Waals surface area contributed by atoms with E-state index in [0.717, 1.165) is 39.6 Å². The van der Waals surface area contributed by atoms with Crippen molar-refractivity contribution < 1.29 is 23.8 Å². The van der Waals surface area contributed by atoms with E-state index in [1.807, 2.05) is 56.3 Å². The van der Waals surface area contributed by atoms with E-state index in [2.05, 4.69) is 12.2 Å². The number of allylic oxidation sites excluding steroid dienone is 3. The number of hydrogen-bond acceptors (Lipinski definition) is 7. The van der Waals surface area contributed by atoms with Gasteiger partial charge < -0.3 is 19.5 Å². The number of rotatable bonds is 9. The van der Waals surface area contributed by atoms with Crippen LogP contribution in [0.3, 0.4) is 0 Å². The van der Waals surface area contributed by atoms with Crippen molar-refractivity contribution in [1.82, 2.24) is 5.32 Å². The summed E-state index contributed by atoms with van der Waals surface area (Å²) in [5, 5.41) is 3.42. The second-order valence-electron chi connectivity index (χ2n) is 9.38. The van der Waals surface area contributed by atoms with Gasteiger partial charge in [0.25, 0.3) is 0 Å². The summed E-state index contributed by atoms with van der Waals surface area (Å²) in [4.78, 5) is 27.1. The average molecular weight is 522 g/mol. The minimum Gasteiger partial charge on any atom is -0.493 e. The molecule has 6 nitrogen and oxygen atoms in total. The van der Waals surface area contributed by atoms with Crippen LogP contribution in [0.25, 0.3) is 0 Å². The number of ether oxygens (including phenoxy) is 3. The summed E-state index contributed by atoms with van der Waals surface area (Å²) in [7, 11) is 3.22. The van der Waals surface area contributed by atoms with Crippen molar-refractivity contribution in [3.8, 4) is 11.5 Å². The quantitative estimate of drug-likeness (QED) is 0.337. The van der Waals surface area contributed by atoms with E-state index >= 15 is 0 Å². The van der Waals surface area contributed by atoms with Crippen LogP contribution in [-0.4, -0.2) is 44.1 Å². The summed E-state index contributed by atoms with van der Waals surface area (Å²) in [5.41, 5.74) is 5.86. The molecule has 0 amide bonds. The molecule has 0 saturated carbocycles. The fourth-order valence-corrected chi connectivity index (χ4v) is 5.65. The van der Waals surface area contributed by atoms with Gasteiger partial charge in [0.1, 0.15) is 6.61 Å². The predicted molar refractivity (Wildman–Crippen MR) is 147 cm³/mol. The summed E-state index contributed by atoms with van der Waals surface area (Å²) in [6.45, 7) is 6.34. The largest absolute Gasteiger partial charge is 0.493 e. The highest BCUT2D eigenvalue weighted by atomic mass is 32.2. The number of esters is 1. The molecule has 0 fully saturated rings. The lowest BCUT2D eigenvalue weighted by atomic mass is 9.71. The van der Waals surface area contributed by atoms with Crippen molar-refractivity contribution in [3.63, 3.8) is 0 Å². The van der Waals surface area contributed by atoms with Crippen LogP contribution in [0.4, 0.5) is 0 Å². The average Bonchev–Trinajstić information content (AvgIpc) is 2.90. The van der Waals surface area contributed by atoms with E-state index in [1.165, 1.54) is 0 Å². The number of dihydropyridines is 1. The van der Waals surface area contributed by atoms with Crippen molar-refractivity contribution in [2.75, 3.05) is 32.3 Å². The topological polar surface area (TPSA) is 73.9 Å². The van der Waals surface area contributed by atoms with Gasteiger partial charge in [0.2, 0.25) is 0 Å². The molecule has 0 bridgehead atoms. The van der Waals surface area contributed by atoms with Crippen LogP contribution < -0.4 is 14.8 Å². The van der Waals surface area contributed by atoms with E-state index in [9.17, 15) is 9.59 Å². The molecule has 0 unspecified atom stereocenters. The zero-order chi connectivity index (χ0) is 26.5. The molecular weight excluding hydrogens is 486 g/mol. The Labute approximate surface area is 223 Å². The summed E-state index contributed by atoms with van der Waals surface area (Å²) < 4.78 is 16.5. The van der Waals surface area contributed by atoms with Crippen LogP contribution >= 0.6 is 11.8 Å². The fourth-order valence-electron chi connectivity index (χ4n) is 5.16. The minimum atomic E-state index is -0.456. The van der Waals surface area contributed by atoms with Gasteiger partial charge in [0.05, 0.1) is 19.8 Å². The number of hydrogen-bond donors (Lipinski definition) is 1. The normalized spacial score (nSPS) is 19.3. The van der Waals surface area contributed by atoms with E-state index in [-0.39, 0.29) is 17.7 Å². The first-order chi connectivity index (χ1) is 17.9. The second kappa shape index (κ2) is 11.9. The summed E-state index contributed by atoms with van der Waals surface area (Å²) >= 11 is 1.73. The Bertz CT molecular complexity index is 1230. The predicted octanol–water partition coefficient (Wildman–Crippen LogP) is 5.67. The Hall–Kier alpha value is -3.19. The lowest BCUT2D eigenvalue weighted by molar-refractivity contribution is -0.138. The lowest BCUT2D eigenvalue weighted by Gasteiger charge is -2.36. The van der Waals surface area contributed by atoms with Crippen molar-refractivity contribution in [1.29, 1.82) is 0 Å². The number of carbonyl (C=O) groups is 2. The van der Waals surface area contributed by atoms with Crippen LogP contribution in [0.2, 0.25) is 0 Å². The first-order valence-corrected chi connectivity index (χ1v) is 13.8. The Morgan fingerprint density at radius 1 is 1.00 bits per heavy atom. The molecule has 2 aliphatic rings. The van der Waals surface area contributed by atoms with Gasteiger partial charge in [-0.25, -0.2) is 4.79 Å². The lowest BCUT2D eigenvalue weighted by Crippen LogP contribution is -2.36. The van der Waals surface area contributed by atoms with Crippen molar-refractivity contribution in [2.45, 2.75) is 45.4 Å². The zero-order valence-electron chi connectivity index (χ0n) is 22.2. The summed E-state index contributed by atoms with van der Waals surface area (Å²) in [6, 6.07) is 13.9. The SMILES string of the molecule is CCSCCOC(=O)C1=C(C)NC2=C(C(=O)C[C@@H](c3ccc(OC)c(OC)c3)C2)[C@H]1c1ccc(C)cc1. The van der Waals surface area contributed by atoms with Crippen molar-refractivity contribution in [3.05, 3.63) is 81.7 Å². The Kier molecular flexibility index (Phi) is 8.64. The van der Waals surface area contributed by atoms with Crippen LogP contribution in [0.1, 0.15) is 55.2 Å². The van der Waals surface area contributed by atoms with Crippen LogP contribution in [0.15, 0.2) is 65.0 Å². The van der Waals surface area contributed by atoms with Crippen LogP contribution in [-0.2, 0) is 14.3 Å². The van der Waals surface area contributed by atoms with Gasteiger partial charge in [-0.2, -0.15) is 11.8 Å². The molecule has 37 heavy (non-hydrogen) atoms. The second-order valence-corrected chi connectivity index (χ2v) is 10.8. The molecule has 0 saturated heterocycles. The van der Waals surface area contributed by atoms with Gasteiger partial charge in [0, 0.05) is 35.1 Å². The molecule has 4 rings (SSSR count). The monoisotopic (exact) mass is 521 g/mol. The number of thioether (sulfide) groups is 1. The maximum atomic E-state index is 13.8. The van der Waals surface area contributed by atoms with Crippen LogP contribution in [0, 0.1) is 6.92 Å². The first kappa shape index (κ1) is 26.9. The Balaban J connectivity index is 1.70. The van der Waals surface area contributed by atoms with Crippen LogP contribution in [0.5, 0.6) is 11.5 Å². The third kappa shape index (κ3) is 5.72. The number of benzene rings is 2. The van der Waals surface area contributed by atoms with E-state index in [4.69, 9.17) is 14.2 Å². The highest BCUT2D eigenvalue weighted by Crippen LogP contribution is 2.46. The molecule has 1 aliphatic heterocycles. The number of methoxy groups -OCH3 is 2. The van der Waals surface area contributed by atoms with Gasteiger partial charge in [-0.15, -0.1) is 0 Å². The molecule has 0 radical (unpaired) electrons. The first-order valence-electron chi connectivity index (χ1n) is 12.6. The molecule has 0 aromatic heterocycles. The number of ketones is 1.